The number of nitrogens with zero attached hydrogens (tertiary/aromatic N) is 4. The average Bonchev–Trinajstić information content (AvgIpc) is 3.12. The number of Topliss-reactive ketones (excluding diaryl/α,β-unsaturated/α-hetero) is 1. The largest absolute Gasteiger partial charge is 0.469 e. The van der Waals surface area contributed by atoms with Gasteiger partial charge in [-0.3, -0.25) is 13.9 Å². The number of ether oxygens (including phenoxy) is 1. The van der Waals surface area contributed by atoms with Gasteiger partial charge in [-0.15, -0.1) is 0 Å². The van der Waals surface area contributed by atoms with Gasteiger partial charge in [-0.05, 0) is 5.92 Å². The Kier molecular flexibility index (Phi) is 5.73. The van der Waals surface area contributed by atoms with Crippen molar-refractivity contribution >= 4 is 30.6 Å². The van der Waals surface area contributed by atoms with E-state index >= 15 is 0 Å². The van der Waals surface area contributed by atoms with Crippen molar-refractivity contribution in [1.82, 2.24) is 19.5 Å². The van der Waals surface area contributed by atoms with Crippen molar-refractivity contribution in [2.45, 2.75) is 44.0 Å². The number of phosphoric ester groups is 1. The monoisotopic (exact) mass is 447 g/mol. The van der Waals surface area contributed by atoms with E-state index in [1.807, 2.05) is 0 Å². The van der Waals surface area contributed by atoms with E-state index in [1.165, 1.54) is 0 Å². The van der Waals surface area contributed by atoms with Gasteiger partial charge < -0.3 is 35.6 Å². The fraction of sp³-hybridized carbons (Fsp3) is 0.600. The maximum Gasteiger partial charge on any atom is 0.469 e. The summed E-state index contributed by atoms with van der Waals surface area (Å²) in [4.78, 5) is 42.8. The van der Waals surface area contributed by atoms with Gasteiger partial charge in [0.2, 0.25) is 5.79 Å². The first-order valence-corrected chi connectivity index (χ1v) is 10.3. The van der Waals surface area contributed by atoms with Gasteiger partial charge in [-0.1, -0.05) is 13.8 Å². The van der Waals surface area contributed by atoms with Crippen LogP contribution in [0.5, 0.6) is 0 Å². The van der Waals surface area contributed by atoms with E-state index in [0.717, 1.165) is 17.2 Å². The third kappa shape index (κ3) is 3.61. The van der Waals surface area contributed by atoms with Crippen molar-refractivity contribution in [2.24, 2.45) is 5.92 Å². The summed E-state index contributed by atoms with van der Waals surface area (Å²) in [5.41, 5.74) is 3.05. The Morgan fingerprint density at radius 3 is 2.63 bits per heavy atom. The highest BCUT2D eigenvalue weighted by molar-refractivity contribution is 7.46. The lowest BCUT2D eigenvalue weighted by molar-refractivity contribution is -0.286. The van der Waals surface area contributed by atoms with Crippen LogP contribution in [0.25, 0.3) is 11.2 Å². The van der Waals surface area contributed by atoms with E-state index in [9.17, 15) is 24.7 Å². The standard InChI is InChI=1S/C15H22N5O9P/c1-7(2)3-9(21)14(20-6-19-10-12(16)17-5-18-13(10)20)15(23,24)11(22)8(29-14)4-28-30(25,26)27/h5-8,11,22-24H,3-4H2,1-2H3,(H2,16,17,18)(H2,25,26,27)/t8-,11-,14-/m1/s1. The number of ketones is 1. The van der Waals surface area contributed by atoms with Crippen LogP contribution in [0.1, 0.15) is 20.3 Å². The molecule has 0 unspecified atom stereocenters. The van der Waals surface area contributed by atoms with Gasteiger partial charge in [0.1, 0.15) is 30.4 Å². The molecule has 166 valence electrons. The maximum atomic E-state index is 13.2. The Hall–Kier alpha value is -2.03. The molecule has 30 heavy (non-hydrogen) atoms. The van der Waals surface area contributed by atoms with E-state index in [4.69, 9.17) is 20.3 Å². The number of hydrogen-bond donors (Lipinski definition) is 6. The molecule has 15 heteroatoms. The second kappa shape index (κ2) is 7.59. The highest BCUT2D eigenvalue weighted by Gasteiger charge is 2.70. The molecule has 1 aliphatic heterocycles. The van der Waals surface area contributed by atoms with Crippen LogP contribution in [-0.2, 0) is 24.3 Å². The number of aliphatic hydroxyl groups is 3. The smallest absolute Gasteiger partial charge is 0.384 e. The molecule has 1 aliphatic rings. The molecule has 3 atom stereocenters. The van der Waals surface area contributed by atoms with Gasteiger partial charge >= 0.3 is 7.82 Å². The molecule has 0 radical (unpaired) electrons. The zero-order chi connectivity index (χ0) is 22.5. The summed E-state index contributed by atoms with van der Waals surface area (Å²) in [5, 5.41) is 32.1. The van der Waals surface area contributed by atoms with Crippen LogP contribution in [0.2, 0.25) is 0 Å². The van der Waals surface area contributed by atoms with E-state index in [1.54, 1.807) is 13.8 Å². The van der Waals surface area contributed by atoms with Gasteiger partial charge in [0.05, 0.1) is 6.61 Å². The van der Waals surface area contributed by atoms with Gasteiger partial charge in [-0.25, -0.2) is 19.5 Å². The Balaban J connectivity index is 2.18. The lowest BCUT2D eigenvalue weighted by Gasteiger charge is -2.37. The summed E-state index contributed by atoms with van der Waals surface area (Å²) in [6.07, 6.45) is -2.00. The Bertz CT molecular complexity index is 1010. The van der Waals surface area contributed by atoms with Crippen LogP contribution in [-0.4, -0.2) is 75.0 Å². The number of rotatable bonds is 7. The van der Waals surface area contributed by atoms with Crippen LogP contribution in [0.4, 0.5) is 5.82 Å². The molecular formula is C15H22N5O9P. The number of imidazole rings is 1. The molecule has 0 spiro atoms. The van der Waals surface area contributed by atoms with Gasteiger partial charge in [0, 0.05) is 6.42 Å². The number of aliphatic hydroxyl groups excluding tert-OH is 1. The molecule has 2 aromatic rings. The number of phosphoric acid groups is 1. The van der Waals surface area contributed by atoms with Crippen LogP contribution >= 0.6 is 7.82 Å². The highest BCUT2D eigenvalue weighted by Crippen LogP contribution is 2.47. The predicted octanol–water partition coefficient (Wildman–Crippen LogP) is -1.77. The minimum atomic E-state index is -4.98. The van der Waals surface area contributed by atoms with Gasteiger partial charge in [0.25, 0.3) is 5.72 Å². The molecule has 0 bridgehead atoms. The summed E-state index contributed by atoms with van der Waals surface area (Å²) in [6, 6.07) is 0. The molecule has 3 heterocycles. The number of aromatic nitrogens is 4. The molecule has 7 N–H and O–H groups in total. The number of carbonyl (C=O) groups is 1. The molecule has 1 fully saturated rings. The van der Waals surface area contributed by atoms with Crippen molar-refractivity contribution < 1.29 is 43.7 Å². The quantitative estimate of drug-likeness (QED) is 0.204. The van der Waals surface area contributed by atoms with Crippen molar-refractivity contribution in [3.8, 4) is 0 Å². The summed E-state index contributed by atoms with van der Waals surface area (Å²) in [6.45, 7) is 2.47. The number of nitrogens with two attached hydrogens (primary N) is 1. The first-order valence-electron chi connectivity index (χ1n) is 8.79. The number of hydrogen-bond acceptors (Lipinski definition) is 11. The van der Waals surface area contributed by atoms with E-state index in [0.29, 0.717) is 0 Å². The number of carbonyl (C=O) groups excluding carboxylic acids is 1. The number of fused-ring (bicyclic) bond motifs is 1. The summed E-state index contributed by atoms with van der Waals surface area (Å²) >= 11 is 0. The average molecular weight is 447 g/mol. The van der Waals surface area contributed by atoms with Crippen LogP contribution in [0.15, 0.2) is 12.7 Å². The Morgan fingerprint density at radius 1 is 1.37 bits per heavy atom. The van der Waals surface area contributed by atoms with E-state index in [2.05, 4.69) is 19.5 Å². The van der Waals surface area contributed by atoms with Crippen LogP contribution in [0, 0.1) is 5.92 Å². The molecule has 0 aliphatic carbocycles. The first-order chi connectivity index (χ1) is 13.8. The van der Waals surface area contributed by atoms with Crippen molar-refractivity contribution in [2.75, 3.05) is 12.3 Å². The molecule has 14 nitrogen and oxygen atoms in total. The SMILES string of the molecule is CC(C)CC(=O)[C@@]1(n2cnc3c(N)ncnc32)O[C@H](COP(=O)(O)O)[C@@H](O)C1(O)O. The molecule has 2 aromatic heterocycles. The first kappa shape index (κ1) is 22.7. The third-order valence-corrected chi connectivity index (χ3v) is 5.15. The highest BCUT2D eigenvalue weighted by atomic mass is 31.2. The van der Waals surface area contributed by atoms with Crippen molar-refractivity contribution in [1.29, 1.82) is 0 Å². The van der Waals surface area contributed by atoms with Crippen molar-refractivity contribution in [3.05, 3.63) is 12.7 Å². The minimum absolute atomic E-state index is 0.0398. The maximum absolute atomic E-state index is 13.2. The minimum Gasteiger partial charge on any atom is -0.384 e. The lowest BCUT2D eigenvalue weighted by atomic mass is 9.89. The van der Waals surface area contributed by atoms with Crippen LogP contribution in [0.3, 0.4) is 0 Å². The molecule has 1 saturated heterocycles. The lowest BCUT2D eigenvalue weighted by Crippen LogP contribution is -2.62. The third-order valence-electron chi connectivity index (χ3n) is 4.66. The van der Waals surface area contributed by atoms with Crippen molar-refractivity contribution in [3.63, 3.8) is 0 Å². The Labute approximate surface area is 169 Å². The summed E-state index contributed by atoms with van der Waals surface area (Å²) in [7, 11) is -4.98. The zero-order valence-corrected chi connectivity index (χ0v) is 16.9. The normalized spacial score (nSPS) is 26.5. The zero-order valence-electron chi connectivity index (χ0n) is 16.0. The van der Waals surface area contributed by atoms with Crippen LogP contribution < -0.4 is 5.73 Å². The molecule has 0 saturated carbocycles. The summed E-state index contributed by atoms with van der Waals surface area (Å²) in [5.74, 6) is -4.39. The molecule has 0 aromatic carbocycles. The molecular weight excluding hydrogens is 425 g/mol. The molecule has 3 rings (SSSR count). The number of nitrogen functional groups attached to an aromatic ring is 1. The molecule has 0 amide bonds. The summed E-state index contributed by atoms with van der Waals surface area (Å²) < 4.78 is 21.9. The number of anilines is 1. The Morgan fingerprint density at radius 2 is 2.03 bits per heavy atom. The second-order valence-corrected chi connectivity index (χ2v) is 8.56. The van der Waals surface area contributed by atoms with Gasteiger partial charge in [-0.2, -0.15) is 0 Å². The fourth-order valence-electron chi connectivity index (χ4n) is 3.36. The van der Waals surface area contributed by atoms with Gasteiger partial charge in [0.15, 0.2) is 17.2 Å². The van der Waals surface area contributed by atoms with E-state index in [-0.39, 0.29) is 29.3 Å². The topological polar surface area (TPSA) is 223 Å². The second-order valence-electron chi connectivity index (χ2n) is 7.32. The van der Waals surface area contributed by atoms with E-state index < -0.39 is 43.9 Å². The fourth-order valence-corrected chi connectivity index (χ4v) is 3.70. The predicted molar refractivity (Wildman–Crippen MR) is 98.2 cm³/mol.